The van der Waals surface area contributed by atoms with Gasteiger partial charge in [-0.05, 0) is 29.3 Å². The van der Waals surface area contributed by atoms with Crippen molar-refractivity contribution in [3.8, 4) is 0 Å². The molecule has 1 aliphatic heterocycles. The van der Waals surface area contributed by atoms with Gasteiger partial charge in [0.15, 0.2) is 5.03 Å². The maximum absolute atomic E-state index is 12.6. The Morgan fingerprint density at radius 1 is 1.52 bits per heavy atom. The van der Waals surface area contributed by atoms with E-state index in [9.17, 15) is 13.5 Å². The summed E-state index contributed by atoms with van der Waals surface area (Å²) in [6, 6.07) is 1.99. The molecule has 3 rings (SSSR count). The summed E-state index contributed by atoms with van der Waals surface area (Å²) >= 11 is 1.58. The molecule has 1 saturated heterocycles. The molecule has 0 bridgehead atoms. The number of aromatic nitrogens is 2. The molecule has 1 aliphatic rings. The lowest BCUT2D eigenvalue weighted by Crippen LogP contribution is -2.29. The van der Waals surface area contributed by atoms with Crippen LogP contribution in [0.1, 0.15) is 17.3 Å². The number of sulfonamides is 1. The number of aryl methyl sites for hydroxylation is 1. The van der Waals surface area contributed by atoms with Crippen LogP contribution < -0.4 is 0 Å². The van der Waals surface area contributed by atoms with Gasteiger partial charge >= 0.3 is 0 Å². The first-order chi connectivity index (χ1) is 10.0. The Labute approximate surface area is 127 Å². The maximum atomic E-state index is 12.6. The summed E-state index contributed by atoms with van der Waals surface area (Å²) in [5.41, 5.74) is 1.09. The van der Waals surface area contributed by atoms with Crippen LogP contribution in [0.25, 0.3) is 0 Å². The number of H-pyrrole nitrogens is 1. The van der Waals surface area contributed by atoms with Gasteiger partial charge in [0, 0.05) is 31.5 Å². The molecule has 0 aromatic carbocycles. The Morgan fingerprint density at radius 2 is 2.33 bits per heavy atom. The minimum absolute atomic E-state index is 0.0193. The molecule has 3 heterocycles. The van der Waals surface area contributed by atoms with Crippen LogP contribution in [0.5, 0.6) is 0 Å². The SMILES string of the molecule is Cc1ncc(S(=O)(=O)N2C[C@@H](CO)[C@@H](c3ccsc3)C2)[nH]1. The second-order valence-electron chi connectivity index (χ2n) is 5.26. The summed E-state index contributed by atoms with van der Waals surface area (Å²) in [5.74, 6) is 0.541. The van der Waals surface area contributed by atoms with Gasteiger partial charge in [0.1, 0.15) is 5.82 Å². The highest BCUT2D eigenvalue weighted by molar-refractivity contribution is 7.89. The molecule has 2 N–H and O–H groups in total. The largest absolute Gasteiger partial charge is 0.396 e. The molecule has 8 heteroatoms. The molecule has 2 aromatic heterocycles. The van der Waals surface area contributed by atoms with E-state index in [1.165, 1.54) is 10.5 Å². The quantitative estimate of drug-likeness (QED) is 0.883. The average Bonchev–Trinajstić information content (AvgIpc) is 3.17. The number of nitrogens with zero attached hydrogens (tertiary/aromatic N) is 2. The summed E-state index contributed by atoms with van der Waals surface area (Å²) in [6.45, 7) is 2.42. The molecular weight excluding hydrogens is 310 g/mol. The predicted octanol–water partition coefficient (Wildman–Crippen LogP) is 1.18. The van der Waals surface area contributed by atoms with Gasteiger partial charge < -0.3 is 10.1 Å². The van der Waals surface area contributed by atoms with Crippen molar-refractivity contribution in [2.45, 2.75) is 17.9 Å². The number of nitrogens with one attached hydrogen (secondary N) is 1. The molecule has 0 amide bonds. The second-order valence-corrected chi connectivity index (χ2v) is 7.95. The summed E-state index contributed by atoms with van der Waals surface area (Å²) in [6.07, 6.45) is 1.34. The molecule has 2 aromatic rings. The fraction of sp³-hybridized carbons (Fsp3) is 0.462. The first kappa shape index (κ1) is 14.7. The molecule has 2 atom stereocenters. The van der Waals surface area contributed by atoms with E-state index in [-0.39, 0.29) is 23.5 Å². The van der Waals surface area contributed by atoms with Crippen LogP contribution in [0, 0.1) is 12.8 Å². The number of thiophene rings is 1. The zero-order valence-electron chi connectivity index (χ0n) is 11.6. The van der Waals surface area contributed by atoms with E-state index in [1.54, 1.807) is 18.3 Å². The molecule has 0 aliphatic carbocycles. The van der Waals surface area contributed by atoms with E-state index in [1.807, 2.05) is 16.8 Å². The van der Waals surface area contributed by atoms with Crippen LogP contribution in [-0.4, -0.2) is 47.5 Å². The van der Waals surface area contributed by atoms with Crippen molar-refractivity contribution in [2.75, 3.05) is 19.7 Å². The third-order valence-electron chi connectivity index (χ3n) is 3.91. The highest BCUT2D eigenvalue weighted by Crippen LogP contribution is 2.35. The van der Waals surface area contributed by atoms with Gasteiger partial charge in [0.25, 0.3) is 10.0 Å². The summed E-state index contributed by atoms with van der Waals surface area (Å²) in [4.78, 5) is 6.73. The predicted molar refractivity (Wildman–Crippen MR) is 79.7 cm³/mol. The summed E-state index contributed by atoms with van der Waals surface area (Å²) in [7, 11) is -3.58. The fourth-order valence-electron chi connectivity index (χ4n) is 2.75. The van der Waals surface area contributed by atoms with Crippen molar-refractivity contribution in [1.29, 1.82) is 0 Å². The van der Waals surface area contributed by atoms with Crippen molar-refractivity contribution < 1.29 is 13.5 Å². The monoisotopic (exact) mass is 327 g/mol. The van der Waals surface area contributed by atoms with Gasteiger partial charge in [-0.2, -0.15) is 15.6 Å². The minimum Gasteiger partial charge on any atom is -0.396 e. The molecule has 6 nitrogen and oxygen atoms in total. The second kappa shape index (κ2) is 5.53. The molecule has 114 valence electrons. The van der Waals surface area contributed by atoms with Gasteiger partial charge in [-0.15, -0.1) is 0 Å². The van der Waals surface area contributed by atoms with Gasteiger partial charge in [0.2, 0.25) is 0 Å². The molecule has 0 radical (unpaired) electrons. The molecule has 1 fully saturated rings. The molecular formula is C13H17N3O3S2. The van der Waals surface area contributed by atoms with E-state index < -0.39 is 10.0 Å². The first-order valence-electron chi connectivity index (χ1n) is 6.67. The van der Waals surface area contributed by atoms with Crippen LogP contribution in [-0.2, 0) is 10.0 Å². The van der Waals surface area contributed by atoms with E-state index in [0.717, 1.165) is 5.56 Å². The Morgan fingerprint density at radius 3 is 2.90 bits per heavy atom. The number of aromatic amines is 1. The fourth-order valence-corrected chi connectivity index (χ4v) is 4.96. The molecule has 21 heavy (non-hydrogen) atoms. The van der Waals surface area contributed by atoms with E-state index >= 15 is 0 Å². The van der Waals surface area contributed by atoms with Crippen LogP contribution >= 0.6 is 11.3 Å². The van der Waals surface area contributed by atoms with E-state index in [4.69, 9.17) is 0 Å². The standard InChI is InChI=1S/C13H17N3O3S2/c1-9-14-4-13(15-9)21(18,19)16-5-11(7-17)12(6-16)10-2-3-20-8-10/h2-4,8,11-12,17H,5-7H2,1H3,(H,14,15)/t11-,12+/m0/s1. The Bertz CT molecular complexity index is 709. The smallest absolute Gasteiger partial charge is 0.260 e. The molecule has 0 spiro atoms. The Hall–Kier alpha value is -1.22. The van der Waals surface area contributed by atoms with Crippen molar-refractivity contribution in [2.24, 2.45) is 5.92 Å². The summed E-state index contributed by atoms with van der Waals surface area (Å²) < 4.78 is 26.6. The van der Waals surface area contributed by atoms with Crippen molar-refractivity contribution in [3.63, 3.8) is 0 Å². The number of hydrogen-bond acceptors (Lipinski definition) is 5. The van der Waals surface area contributed by atoms with Gasteiger partial charge in [-0.1, -0.05) is 0 Å². The molecule has 0 unspecified atom stereocenters. The van der Waals surface area contributed by atoms with Crippen LogP contribution in [0.15, 0.2) is 28.0 Å². The Kier molecular flexibility index (Phi) is 3.87. The normalized spacial score (nSPS) is 23.7. The van der Waals surface area contributed by atoms with Gasteiger partial charge in [-0.3, -0.25) is 0 Å². The van der Waals surface area contributed by atoms with E-state index in [0.29, 0.717) is 18.9 Å². The van der Waals surface area contributed by atoms with E-state index in [2.05, 4.69) is 9.97 Å². The maximum Gasteiger partial charge on any atom is 0.260 e. The van der Waals surface area contributed by atoms with Crippen molar-refractivity contribution in [1.82, 2.24) is 14.3 Å². The van der Waals surface area contributed by atoms with Crippen LogP contribution in [0.4, 0.5) is 0 Å². The number of aliphatic hydroxyl groups excluding tert-OH is 1. The average molecular weight is 327 g/mol. The zero-order valence-corrected chi connectivity index (χ0v) is 13.2. The highest BCUT2D eigenvalue weighted by Gasteiger charge is 2.40. The topological polar surface area (TPSA) is 86.3 Å². The number of rotatable bonds is 4. The third kappa shape index (κ3) is 2.64. The number of aliphatic hydroxyl groups is 1. The first-order valence-corrected chi connectivity index (χ1v) is 9.05. The summed E-state index contributed by atoms with van der Waals surface area (Å²) in [5, 5.41) is 13.7. The third-order valence-corrected chi connectivity index (χ3v) is 6.35. The van der Waals surface area contributed by atoms with Gasteiger partial charge in [-0.25, -0.2) is 13.4 Å². The van der Waals surface area contributed by atoms with Crippen molar-refractivity contribution in [3.05, 3.63) is 34.4 Å². The number of imidazole rings is 1. The van der Waals surface area contributed by atoms with Crippen molar-refractivity contribution >= 4 is 21.4 Å². The zero-order chi connectivity index (χ0) is 15.0. The number of hydrogen-bond donors (Lipinski definition) is 2. The highest BCUT2D eigenvalue weighted by atomic mass is 32.2. The molecule has 0 saturated carbocycles. The Balaban J connectivity index is 1.88. The lowest BCUT2D eigenvalue weighted by Gasteiger charge is -2.14. The lowest BCUT2D eigenvalue weighted by atomic mass is 9.92. The van der Waals surface area contributed by atoms with Crippen LogP contribution in [0.2, 0.25) is 0 Å². The van der Waals surface area contributed by atoms with Gasteiger partial charge in [0.05, 0.1) is 6.20 Å². The lowest BCUT2D eigenvalue weighted by molar-refractivity contribution is 0.223. The minimum atomic E-state index is -3.58. The van der Waals surface area contributed by atoms with Crippen LogP contribution in [0.3, 0.4) is 0 Å².